The summed E-state index contributed by atoms with van der Waals surface area (Å²) >= 11 is 3.83. The molecule has 1 aromatic rings. The fraction of sp³-hybridized carbons (Fsp3) is 0.688. The number of hydrogen-bond acceptors (Lipinski definition) is 0. The molecule has 0 N–H and O–H groups in total. The Balaban J connectivity index is 1.78. The molecule has 0 aromatic carbocycles. The molecule has 4 saturated carbocycles. The van der Waals surface area contributed by atoms with Gasteiger partial charge in [-0.3, -0.25) is 0 Å². The van der Waals surface area contributed by atoms with Crippen LogP contribution in [-0.4, -0.2) is 5.33 Å². The van der Waals surface area contributed by atoms with Crippen LogP contribution in [0.1, 0.15) is 38.5 Å². The summed E-state index contributed by atoms with van der Waals surface area (Å²) in [5, 5.41) is 1.21. The summed E-state index contributed by atoms with van der Waals surface area (Å²) in [4.78, 5) is 0. The topological polar surface area (TPSA) is 3.88 Å². The first kappa shape index (κ1) is 11.5. The van der Waals surface area contributed by atoms with Gasteiger partial charge in [0.25, 0.3) is 0 Å². The third kappa shape index (κ3) is 1.54. The lowest BCUT2D eigenvalue weighted by Gasteiger charge is -2.58. The summed E-state index contributed by atoms with van der Waals surface area (Å²) < 4.78 is 2.54. The lowest BCUT2D eigenvalue weighted by Crippen LogP contribution is -2.67. The van der Waals surface area contributed by atoms with Crippen molar-refractivity contribution in [3.63, 3.8) is 0 Å². The van der Waals surface area contributed by atoms with Crippen molar-refractivity contribution in [3.05, 3.63) is 30.6 Å². The molecule has 2 unspecified atom stereocenters. The second kappa shape index (κ2) is 3.82. The van der Waals surface area contributed by atoms with E-state index in [1.54, 1.807) is 0 Å². The Hall–Kier alpha value is -0.370. The van der Waals surface area contributed by atoms with Gasteiger partial charge in [0.15, 0.2) is 17.9 Å². The van der Waals surface area contributed by atoms with Crippen molar-refractivity contribution < 1.29 is 4.57 Å². The molecule has 0 aliphatic heterocycles. The highest BCUT2D eigenvalue weighted by Gasteiger charge is 2.61. The van der Waals surface area contributed by atoms with Gasteiger partial charge in [-0.25, -0.2) is 0 Å². The molecule has 4 bridgehead atoms. The van der Waals surface area contributed by atoms with Crippen LogP contribution in [0.25, 0.3) is 0 Å². The summed E-state index contributed by atoms with van der Waals surface area (Å²) in [5.41, 5.74) is 1.05. The van der Waals surface area contributed by atoms with Crippen molar-refractivity contribution in [1.29, 1.82) is 0 Å². The lowest BCUT2D eigenvalue weighted by molar-refractivity contribution is -0.778. The third-order valence-electron chi connectivity index (χ3n) is 5.70. The monoisotopic (exact) mass is 306 g/mol. The van der Waals surface area contributed by atoms with E-state index in [-0.39, 0.29) is 0 Å². The van der Waals surface area contributed by atoms with Crippen molar-refractivity contribution in [1.82, 2.24) is 0 Å². The van der Waals surface area contributed by atoms with Gasteiger partial charge in [-0.05, 0) is 36.5 Å². The predicted molar refractivity (Wildman–Crippen MR) is 75.5 cm³/mol. The van der Waals surface area contributed by atoms with Gasteiger partial charge in [0.2, 0.25) is 0 Å². The highest BCUT2D eigenvalue weighted by atomic mass is 79.9. The molecule has 0 amide bonds. The molecule has 2 heteroatoms. The molecule has 0 spiro atoms. The fourth-order valence-corrected chi connectivity index (χ4v) is 6.23. The Bertz CT molecular complexity index is 441. The smallest absolute Gasteiger partial charge is 0.169 e. The van der Waals surface area contributed by atoms with Crippen LogP contribution in [0.2, 0.25) is 0 Å². The van der Waals surface area contributed by atoms with E-state index in [0.29, 0.717) is 11.0 Å². The van der Waals surface area contributed by atoms with Crippen molar-refractivity contribution in [2.24, 2.45) is 17.3 Å². The van der Waals surface area contributed by atoms with E-state index >= 15 is 0 Å². The number of hydrogen-bond donors (Lipinski definition) is 0. The van der Waals surface area contributed by atoms with Crippen molar-refractivity contribution in [2.45, 2.75) is 44.1 Å². The Morgan fingerprint density at radius 2 is 1.67 bits per heavy atom. The normalized spacial score (nSPS) is 45.4. The molecular weight excluding hydrogens is 286 g/mol. The van der Waals surface area contributed by atoms with Crippen LogP contribution >= 0.6 is 15.9 Å². The van der Waals surface area contributed by atoms with E-state index in [2.05, 4.69) is 51.1 Å². The number of halogens is 1. The standard InChI is InChI=1S/C16H21BrN/c17-12-15-7-13-6-14(8-15)10-16(9-13,11-15)18-4-2-1-3-5-18/h1-5,13-14H,6-12H2/q+1. The molecule has 4 fully saturated rings. The zero-order chi connectivity index (χ0) is 12.2. The van der Waals surface area contributed by atoms with Gasteiger partial charge >= 0.3 is 0 Å². The quantitative estimate of drug-likeness (QED) is 0.580. The molecule has 1 nitrogen and oxygen atoms in total. The van der Waals surface area contributed by atoms with Crippen LogP contribution in [0.3, 0.4) is 0 Å². The van der Waals surface area contributed by atoms with E-state index in [1.807, 2.05) is 0 Å². The molecule has 4 aliphatic carbocycles. The number of aromatic nitrogens is 1. The minimum Gasteiger partial charge on any atom is -0.200 e. The number of rotatable bonds is 2. The Labute approximate surface area is 118 Å². The minimum absolute atomic E-state index is 0.444. The average molecular weight is 307 g/mol. The first-order chi connectivity index (χ1) is 8.74. The van der Waals surface area contributed by atoms with Crippen LogP contribution in [0, 0.1) is 17.3 Å². The molecule has 5 rings (SSSR count). The Morgan fingerprint density at radius 3 is 2.28 bits per heavy atom. The first-order valence-corrected chi connectivity index (χ1v) is 8.39. The minimum atomic E-state index is 0.444. The zero-order valence-corrected chi connectivity index (χ0v) is 12.4. The first-order valence-electron chi connectivity index (χ1n) is 7.26. The van der Waals surface area contributed by atoms with Gasteiger partial charge in [-0.2, -0.15) is 4.57 Å². The van der Waals surface area contributed by atoms with Gasteiger partial charge in [-0.1, -0.05) is 22.0 Å². The number of alkyl halides is 1. The summed E-state index contributed by atoms with van der Waals surface area (Å²) in [6, 6.07) is 6.52. The van der Waals surface area contributed by atoms with Crippen molar-refractivity contribution in [2.75, 3.05) is 5.33 Å². The van der Waals surface area contributed by atoms with Gasteiger partial charge in [0, 0.05) is 36.7 Å². The maximum absolute atomic E-state index is 3.83. The van der Waals surface area contributed by atoms with Crippen molar-refractivity contribution >= 4 is 15.9 Å². The zero-order valence-electron chi connectivity index (χ0n) is 10.8. The molecule has 2 atom stereocenters. The van der Waals surface area contributed by atoms with Crippen LogP contribution in [0.5, 0.6) is 0 Å². The third-order valence-corrected chi connectivity index (χ3v) is 6.89. The van der Waals surface area contributed by atoms with E-state index in [9.17, 15) is 0 Å². The van der Waals surface area contributed by atoms with Crippen LogP contribution in [-0.2, 0) is 5.54 Å². The lowest BCUT2D eigenvalue weighted by atomic mass is 9.47. The largest absolute Gasteiger partial charge is 0.200 e. The van der Waals surface area contributed by atoms with Gasteiger partial charge in [0.1, 0.15) is 0 Å². The van der Waals surface area contributed by atoms with E-state index in [0.717, 1.165) is 11.8 Å². The van der Waals surface area contributed by atoms with Crippen LogP contribution in [0.4, 0.5) is 0 Å². The predicted octanol–water partition coefficient (Wildman–Crippen LogP) is 3.66. The molecule has 1 aromatic heterocycles. The van der Waals surface area contributed by atoms with Crippen molar-refractivity contribution in [3.8, 4) is 0 Å². The molecule has 0 saturated heterocycles. The second-order valence-electron chi connectivity index (χ2n) is 7.10. The summed E-state index contributed by atoms with van der Waals surface area (Å²) in [6.45, 7) is 0. The SMILES string of the molecule is BrCC12CC3CC(C1)CC([n+]1ccccc1)(C3)C2. The van der Waals surface area contributed by atoms with E-state index < -0.39 is 0 Å². The summed E-state index contributed by atoms with van der Waals surface area (Å²) in [5.74, 6) is 1.97. The van der Waals surface area contributed by atoms with Gasteiger partial charge in [-0.15, -0.1) is 0 Å². The maximum atomic E-state index is 3.83. The average Bonchev–Trinajstić information content (AvgIpc) is 2.38. The molecular formula is C16H21BrN+. The molecule has 4 aliphatic rings. The molecule has 96 valence electrons. The van der Waals surface area contributed by atoms with E-state index in [1.165, 1.54) is 43.9 Å². The van der Waals surface area contributed by atoms with Crippen LogP contribution < -0.4 is 4.57 Å². The summed E-state index contributed by atoms with van der Waals surface area (Å²) in [7, 11) is 0. The molecule has 18 heavy (non-hydrogen) atoms. The highest BCUT2D eigenvalue weighted by molar-refractivity contribution is 9.09. The van der Waals surface area contributed by atoms with Gasteiger partial charge < -0.3 is 0 Å². The summed E-state index contributed by atoms with van der Waals surface area (Å²) in [6.07, 6.45) is 13.3. The number of nitrogens with zero attached hydrogens (tertiary/aromatic N) is 1. The van der Waals surface area contributed by atoms with Crippen LogP contribution in [0.15, 0.2) is 30.6 Å². The Kier molecular flexibility index (Phi) is 2.43. The molecule has 1 heterocycles. The molecule has 0 radical (unpaired) electrons. The van der Waals surface area contributed by atoms with E-state index in [4.69, 9.17) is 0 Å². The Morgan fingerprint density at radius 1 is 1.00 bits per heavy atom. The van der Waals surface area contributed by atoms with Gasteiger partial charge in [0.05, 0.1) is 0 Å². The maximum Gasteiger partial charge on any atom is 0.169 e. The second-order valence-corrected chi connectivity index (χ2v) is 7.66. The highest BCUT2D eigenvalue weighted by Crippen LogP contribution is 2.63. The number of pyridine rings is 1. The fourth-order valence-electron chi connectivity index (χ4n) is 5.58.